The Bertz CT molecular complexity index is 992. The van der Waals surface area contributed by atoms with Gasteiger partial charge in [0.25, 0.3) is 0 Å². The molecule has 0 saturated heterocycles. The number of carboxylic acids is 1. The summed E-state index contributed by atoms with van der Waals surface area (Å²) in [6, 6.07) is 16.0. The van der Waals surface area contributed by atoms with Gasteiger partial charge in [-0.1, -0.05) is 68.8 Å². The zero-order chi connectivity index (χ0) is 25.4. The Hall–Kier alpha value is -3.35. The van der Waals surface area contributed by atoms with Crippen molar-refractivity contribution in [1.82, 2.24) is 10.6 Å². The van der Waals surface area contributed by atoms with Gasteiger partial charge in [0.05, 0.1) is 5.92 Å². The third-order valence-corrected chi connectivity index (χ3v) is 6.69. The van der Waals surface area contributed by atoms with Crippen LogP contribution in [0.4, 0.5) is 4.79 Å². The number of carbonyl (C=O) groups excluding carboxylic acids is 2. The van der Waals surface area contributed by atoms with E-state index in [9.17, 15) is 14.4 Å². The highest BCUT2D eigenvalue weighted by molar-refractivity contribution is 5.79. The summed E-state index contributed by atoms with van der Waals surface area (Å²) in [6.45, 7) is 5.74. The molecule has 0 fully saturated rings. The zero-order valence-corrected chi connectivity index (χ0v) is 20.8. The summed E-state index contributed by atoms with van der Waals surface area (Å²) < 4.78 is 5.60. The lowest BCUT2D eigenvalue weighted by molar-refractivity contribution is -0.141. The van der Waals surface area contributed by atoms with E-state index >= 15 is 0 Å². The van der Waals surface area contributed by atoms with E-state index in [0.29, 0.717) is 19.3 Å². The van der Waals surface area contributed by atoms with E-state index in [4.69, 9.17) is 9.84 Å². The number of carboxylic acid groups (broad SMARTS) is 1. The van der Waals surface area contributed by atoms with E-state index < -0.39 is 12.1 Å². The minimum absolute atomic E-state index is 0.0128. The summed E-state index contributed by atoms with van der Waals surface area (Å²) in [6.07, 6.45) is 2.25. The predicted octanol–water partition coefficient (Wildman–Crippen LogP) is 5.09. The van der Waals surface area contributed by atoms with Crippen molar-refractivity contribution < 1.29 is 24.2 Å². The van der Waals surface area contributed by atoms with Gasteiger partial charge in [-0.15, -0.1) is 0 Å². The largest absolute Gasteiger partial charge is 0.481 e. The maximum Gasteiger partial charge on any atom is 0.407 e. The number of rotatable bonds is 12. The van der Waals surface area contributed by atoms with Crippen LogP contribution >= 0.6 is 0 Å². The number of aliphatic carboxylic acids is 1. The first kappa shape index (κ1) is 26.3. The molecule has 0 bridgehead atoms. The quantitative estimate of drug-likeness (QED) is 0.392. The number of hydrogen-bond acceptors (Lipinski definition) is 4. The molecule has 2 amide bonds. The molecule has 2 unspecified atom stereocenters. The lowest BCUT2D eigenvalue weighted by Crippen LogP contribution is -2.41. The van der Waals surface area contributed by atoms with Crippen LogP contribution in [0.3, 0.4) is 0 Å². The molecule has 1 aliphatic rings. The van der Waals surface area contributed by atoms with Crippen LogP contribution in [0.15, 0.2) is 48.5 Å². The van der Waals surface area contributed by atoms with Crippen molar-refractivity contribution in [3.8, 4) is 11.1 Å². The van der Waals surface area contributed by atoms with Gasteiger partial charge in [-0.25, -0.2) is 4.79 Å². The van der Waals surface area contributed by atoms with Crippen LogP contribution in [0.25, 0.3) is 11.1 Å². The second-order valence-corrected chi connectivity index (χ2v) is 9.42. The zero-order valence-electron chi connectivity index (χ0n) is 20.8. The minimum atomic E-state index is -0.799. The number of hydrogen-bond donors (Lipinski definition) is 3. The standard InChI is InChI=1S/C28H36N2O5/c1-4-20(16-26(31)29-19(3)11-9-10-18(2)27(32)33)30-28(34)35-17-25-23-14-7-5-12-21(23)22-13-6-8-15-24(22)25/h5-8,12-15,18-20,25H,4,9-11,16-17H2,1-3H3,(H,29,31)(H,30,34)(H,32,33)/t18?,19?,20-/m1/s1. The topological polar surface area (TPSA) is 105 Å². The van der Waals surface area contributed by atoms with Crippen LogP contribution in [0.5, 0.6) is 0 Å². The number of benzene rings is 2. The molecule has 3 rings (SSSR count). The Labute approximate surface area is 207 Å². The first-order valence-electron chi connectivity index (χ1n) is 12.4. The highest BCUT2D eigenvalue weighted by Crippen LogP contribution is 2.44. The molecule has 0 radical (unpaired) electrons. The maximum absolute atomic E-state index is 12.5. The van der Waals surface area contributed by atoms with Crippen LogP contribution in [0, 0.1) is 5.92 Å². The SMILES string of the molecule is CC[C@H](CC(=O)NC(C)CCCC(C)C(=O)O)NC(=O)OCC1c2ccccc2-c2ccccc21. The van der Waals surface area contributed by atoms with E-state index in [0.717, 1.165) is 17.5 Å². The van der Waals surface area contributed by atoms with Gasteiger partial charge in [-0.2, -0.15) is 0 Å². The van der Waals surface area contributed by atoms with Gasteiger partial charge in [-0.3, -0.25) is 9.59 Å². The number of nitrogens with one attached hydrogen (secondary N) is 2. The normalized spacial score (nSPS) is 14.8. The number of fused-ring (bicyclic) bond motifs is 3. The Balaban J connectivity index is 1.45. The maximum atomic E-state index is 12.5. The molecular weight excluding hydrogens is 444 g/mol. The van der Waals surface area contributed by atoms with Crippen molar-refractivity contribution in [2.24, 2.45) is 5.92 Å². The first-order chi connectivity index (χ1) is 16.8. The van der Waals surface area contributed by atoms with E-state index in [1.54, 1.807) is 6.92 Å². The fraction of sp³-hybridized carbons (Fsp3) is 0.464. The van der Waals surface area contributed by atoms with E-state index in [2.05, 4.69) is 34.9 Å². The number of alkyl carbamates (subject to hydrolysis) is 1. The smallest absolute Gasteiger partial charge is 0.407 e. The van der Waals surface area contributed by atoms with Gasteiger partial charge >= 0.3 is 12.1 Å². The van der Waals surface area contributed by atoms with Gasteiger partial charge in [0.2, 0.25) is 5.91 Å². The van der Waals surface area contributed by atoms with Gasteiger partial charge in [-0.05, 0) is 48.4 Å². The third-order valence-electron chi connectivity index (χ3n) is 6.69. The van der Waals surface area contributed by atoms with Crippen molar-refractivity contribution in [2.45, 2.75) is 70.9 Å². The summed E-state index contributed by atoms with van der Waals surface area (Å²) in [4.78, 5) is 35.9. The van der Waals surface area contributed by atoms with Crippen molar-refractivity contribution >= 4 is 18.0 Å². The van der Waals surface area contributed by atoms with E-state index in [-0.39, 0.29) is 42.9 Å². The van der Waals surface area contributed by atoms with E-state index in [1.807, 2.05) is 38.1 Å². The second kappa shape index (κ2) is 12.4. The average molecular weight is 481 g/mol. The number of carbonyl (C=O) groups is 3. The molecule has 2 aromatic carbocycles. The second-order valence-electron chi connectivity index (χ2n) is 9.42. The van der Waals surface area contributed by atoms with Crippen LogP contribution in [0.1, 0.15) is 69.9 Å². The summed E-state index contributed by atoms with van der Waals surface area (Å²) >= 11 is 0. The highest BCUT2D eigenvalue weighted by Gasteiger charge is 2.29. The van der Waals surface area contributed by atoms with Gasteiger partial charge in [0.15, 0.2) is 0 Å². The molecule has 0 spiro atoms. The Morgan fingerprint density at radius 2 is 1.54 bits per heavy atom. The molecule has 35 heavy (non-hydrogen) atoms. The van der Waals surface area contributed by atoms with Crippen LogP contribution in [-0.4, -0.2) is 41.8 Å². The molecule has 7 heteroatoms. The van der Waals surface area contributed by atoms with Crippen molar-refractivity contribution in [3.63, 3.8) is 0 Å². The van der Waals surface area contributed by atoms with Gasteiger partial charge in [0, 0.05) is 24.4 Å². The lowest BCUT2D eigenvalue weighted by atomic mass is 9.98. The van der Waals surface area contributed by atoms with Crippen molar-refractivity contribution in [3.05, 3.63) is 59.7 Å². The third kappa shape index (κ3) is 7.07. The molecule has 1 aliphatic carbocycles. The van der Waals surface area contributed by atoms with Crippen LogP contribution in [0.2, 0.25) is 0 Å². The fourth-order valence-corrected chi connectivity index (χ4v) is 4.59. The van der Waals surface area contributed by atoms with Crippen LogP contribution < -0.4 is 10.6 Å². The van der Waals surface area contributed by atoms with E-state index in [1.165, 1.54) is 11.1 Å². The summed E-state index contributed by atoms with van der Waals surface area (Å²) in [5, 5.41) is 14.7. The molecule has 188 valence electrons. The number of amides is 2. The molecule has 2 aromatic rings. The molecule has 7 nitrogen and oxygen atoms in total. The Kier molecular flexibility index (Phi) is 9.29. The van der Waals surface area contributed by atoms with Gasteiger partial charge in [0.1, 0.15) is 6.61 Å². The summed E-state index contributed by atoms with van der Waals surface area (Å²) in [7, 11) is 0. The molecule has 0 aromatic heterocycles. The average Bonchev–Trinajstić information content (AvgIpc) is 3.15. The van der Waals surface area contributed by atoms with Crippen LogP contribution in [-0.2, 0) is 14.3 Å². The van der Waals surface area contributed by atoms with Crippen molar-refractivity contribution in [2.75, 3.05) is 6.61 Å². The number of ether oxygens (including phenoxy) is 1. The highest BCUT2D eigenvalue weighted by atomic mass is 16.5. The van der Waals surface area contributed by atoms with Crippen molar-refractivity contribution in [1.29, 1.82) is 0 Å². The molecule has 0 aliphatic heterocycles. The fourth-order valence-electron chi connectivity index (χ4n) is 4.59. The summed E-state index contributed by atoms with van der Waals surface area (Å²) in [5.74, 6) is -1.34. The molecule has 0 heterocycles. The Morgan fingerprint density at radius 1 is 0.943 bits per heavy atom. The summed E-state index contributed by atoms with van der Waals surface area (Å²) in [5.41, 5.74) is 4.65. The molecule has 3 N–H and O–H groups in total. The molecular formula is C28H36N2O5. The lowest BCUT2D eigenvalue weighted by Gasteiger charge is -2.20. The monoisotopic (exact) mass is 480 g/mol. The molecule has 0 saturated carbocycles. The van der Waals surface area contributed by atoms with Gasteiger partial charge < -0.3 is 20.5 Å². The minimum Gasteiger partial charge on any atom is -0.481 e. The molecule has 3 atom stereocenters. The Morgan fingerprint density at radius 3 is 2.11 bits per heavy atom. The first-order valence-corrected chi connectivity index (χ1v) is 12.4. The predicted molar refractivity (Wildman–Crippen MR) is 135 cm³/mol.